The van der Waals surface area contributed by atoms with E-state index in [1.54, 1.807) is 0 Å². The van der Waals surface area contributed by atoms with Crippen molar-refractivity contribution in [3.05, 3.63) is 31.8 Å². The van der Waals surface area contributed by atoms with E-state index >= 15 is 0 Å². The lowest BCUT2D eigenvalue weighted by Gasteiger charge is -2.37. The molecule has 0 aliphatic carbocycles. The fourth-order valence-electron chi connectivity index (χ4n) is 1.68. The quantitative estimate of drug-likeness (QED) is 0.686. The van der Waals surface area contributed by atoms with Crippen LogP contribution in [-0.4, -0.2) is 23.9 Å². The van der Waals surface area contributed by atoms with Crippen LogP contribution in [0.1, 0.15) is 17.3 Å². The number of nitrogens with zero attached hydrogens (tertiary/aromatic N) is 1. The summed E-state index contributed by atoms with van der Waals surface area (Å²) in [5.41, 5.74) is 0.772. The van der Waals surface area contributed by atoms with Crippen LogP contribution >= 0.6 is 38.5 Å². The largest absolute Gasteiger partial charge is 0.338 e. The third-order valence-electron chi connectivity index (χ3n) is 2.52. The first-order chi connectivity index (χ1) is 7.08. The van der Waals surface area contributed by atoms with Gasteiger partial charge in [-0.2, -0.15) is 0 Å². The van der Waals surface area contributed by atoms with E-state index < -0.39 is 0 Å². The maximum Gasteiger partial charge on any atom is 0.253 e. The minimum atomic E-state index is 0.144. The molecule has 1 fully saturated rings. The molecule has 0 unspecified atom stereocenters. The highest BCUT2D eigenvalue weighted by Gasteiger charge is 2.27. The maximum absolute atomic E-state index is 11.9. The summed E-state index contributed by atoms with van der Waals surface area (Å²) in [5.74, 6) is 0.798. The highest BCUT2D eigenvalue weighted by molar-refractivity contribution is 14.1. The first kappa shape index (κ1) is 11.4. The fourth-order valence-corrected chi connectivity index (χ4v) is 2.39. The van der Waals surface area contributed by atoms with E-state index in [1.165, 1.54) is 0 Å². The van der Waals surface area contributed by atoms with Crippen LogP contribution in [0.15, 0.2) is 22.7 Å². The van der Waals surface area contributed by atoms with E-state index in [1.807, 2.05) is 23.1 Å². The molecule has 2 rings (SSSR count). The van der Waals surface area contributed by atoms with Crippen LogP contribution in [-0.2, 0) is 0 Å². The van der Waals surface area contributed by atoms with Crippen molar-refractivity contribution >= 4 is 44.4 Å². The van der Waals surface area contributed by atoms with Gasteiger partial charge in [-0.25, -0.2) is 0 Å². The molecule has 4 heteroatoms. The van der Waals surface area contributed by atoms with Gasteiger partial charge in [-0.05, 0) is 62.6 Å². The van der Waals surface area contributed by atoms with Gasteiger partial charge in [0.05, 0.1) is 0 Å². The number of amides is 1. The second kappa shape index (κ2) is 4.41. The molecule has 0 atom stereocenters. The van der Waals surface area contributed by atoms with Gasteiger partial charge in [0.15, 0.2) is 0 Å². The minimum absolute atomic E-state index is 0.144. The Balaban J connectivity index is 2.16. The lowest BCUT2D eigenvalue weighted by atomic mass is 10.0. The second-order valence-electron chi connectivity index (χ2n) is 3.94. The van der Waals surface area contributed by atoms with E-state index in [-0.39, 0.29) is 5.91 Å². The molecule has 0 spiro atoms. The van der Waals surface area contributed by atoms with Crippen LogP contribution in [0.5, 0.6) is 0 Å². The van der Waals surface area contributed by atoms with Crippen molar-refractivity contribution < 1.29 is 4.79 Å². The number of benzene rings is 1. The van der Waals surface area contributed by atoms with Gasteiger partial charge < -0.3 is 4.90 Å². The van der Waals surface area contributed by atoms with Crippen molar-refractivity contribution in [2.24, 2.45) is 5.92 Å². The Labute approximate surface area is 111 Å². The second-order valence-corrected chi connectivity index (χ2v) is 5.96. The summed E-state index contributed by atoms with van der Waals surface area (Å²) in [6.07, 6.45) is 0. The molecule has 1 heterocycles. The Kier molecular flexibility index (Phi) is 3.35. The Morgan fingerprint density at radius 1 is 1.53 bits per heavy atom. The standard InChI is InChI=1S/C11H11BrINO/c1-7-5-14(6-7)11(15)8-2-3-10(13)9(12)4-8/h2-4,7H,5-6H2,1H3. The number of carbonyl (C=O) groups excluding carboxylic acids is 1. The molecule has 0 aromatic heterocycles. The molecular formula is C11H11BrINO. The SMILES string of the molecule is CC1CN(C(=O)c2ccc(I)c(Br)c2)C1. The van der Waals surface area contributed by atoms with Crippen LogP contribution < -0.4 is 0 Å². The molecule has 1 aromatic carbocycles. The van der Waals surface area contributed by atoms with Gasteiger partial charge in [-0.3, -0.25) is 4.79 Å². The average Bonchev–Trinajstić information content (AvgIpc) is 2.16. The van der Waals surface area contributed by atoms with Crippen molar-refractivity contribution in [1.82, 2.24) is 4.90 Å². The molecule has 1 aromatic rings. The normalized spacial score (nSPS) is 16.3. The van der Waals surface area contributed by atoms with Crippen molar-refractivity contribution in [3.8, 4) is 0 Å². The van der Waals surface area contributed by atoms with E-state index in [9.17, 15) is 4.79 Å². The van der Waals surface area contributed by atoms with Gasteiger partial charge in [-0.1, -0.05) is 6.92 Å². The van der Waals surface area contributed by atoms with Gasteiger partial charge in [0.2, 0.25) is 0 Å². The van der Waals surface area contributed by atoms with Crippen molar-refractivity contribution in [2.45, 2.75) is 6.92 Å². The molecule has 0 N–H and O–H groups in total. The predicted octanol–water partition coefficient (Wildman–Crippen LogP) is 3.15. The summed E-state index contributed by atoms with van der Waals surface area (Å²) < 4.78 is 2.11. The zero-order valence-electron chi connectivity index (χ0n) is 8.34. The molecule has 80 valence electrons. The maximum atomic E-state index is 11.9. The third kappa shape index (κ3) is 2.36. The molecule has 1 saturated heterocycles. The number of rotatable bonds is 1. The number of halogens is 2. The van der Waals surface area contributed by atoms with Gasteiger partial charge in [-0.15, -0.1) is 0 Å². The van der Waals surface area contributed by atoms with Crippen molar-refractivity contribution in [3.63, 3.8) is 0 Å². The Bertz CT molecular complexity index is 402. The van der Waals surface area contributed by atoms with Gasteiger partial charge in [0, 0.05) is 26.7 Å². The highest BCUT2D eigenvalue weighted by Crippen LogP contribution is 2.23. The molecule has 1 aliphatic rings. The summed E-state index contributed by atoms with van der Waals surface area (Å²) in [4.78, 5) is 13.8. The van der Waals surface area contributed by atoms with Crippen LogP contribution in [0.4, 0.5) is 0 Å². The zero-order valence-corrected chi connectivity index (χ0v) is 12.1. The zero-order chi connectivity index (χ0) is 11.0. The topological polar surface area (TPSA) is 20.3 Å². The number of hydrogen-bond donors (Lipinski definition) is 0. The monoisotopic (exact) mass is 379 g/mol. The summed E-state index contributed by atoms with van der Waals surface area (Å²) >= 11 is 5.67. The van der Waals surface area contributed by atoms with E-state index in [0.29, 0.717) is 5.92 Å². The molecule has 0 bridgehead atoms. The average molecular weight is 380 g/mol. The first-order valence-corrected chi connectivity index (χ1v) is 6.69. The molecule has 1 aliphatic heterocycles. The smallest absolute Gasteiger partial charge is 0.253 e. The highest BCUT2D eigenvalue weighted by atomic mass is 127. The lowest BCUT2D eigenvalue weighted by Crippen LogP contribution is -2.48. The van der Waals surface area contributed by atoms with Crippen molar-refractivity contribution in [2.75, 3.05) is 13.1 Å². The van der Waals surface area contributed by atoms with E-state index in [2.05, 4.69) is 45.4 Å². The molecule has 1 amide bonds. The number of carbonyl (C=O) groups is 1. The van der Waals surface area contributed by atoms with Gasteiger partial charge >= 0.3 is 0 Å². The van der Waals surface area contributed by atoms with Crippen LogP contribution in [0, 0.1) is 9.49 Å². The summed E-state index contributed by atoms with van der Waals surface area (Å²) in [6, 6.07) is 5.74. The number of hydrogen-bond acceptors (Lipinski definition) is 1. The Hall–Kier alpha value is -0.100. The van der Waals surface area contributed by atoms with Crippen LogP contribution in [0.25, 0.3) is 0 Å². The molecule has 0 radical (unpaired) electrons. The van der Waals surface area contributed by atoms with Crippen molar-refractivity contribution in [1.29, 1.82) is 0 Å². The van der Waals surface area contributed by atoms with E-state index in [0.717, 1.165) is 26.7 Å². The summed E-state index contributed by atoms with van der Waals surface area (Å²) in [7, 11) is 0. The molecule has 0 saturated carbocycles. The third-order valence-corrected chi connectivity index (χ3v) is 4.86. The summed E-state index contributed by atoms with van der Waals surface area (Å²) in [6.45, 7) is 3.94. The summed E-state index contributed by atoms with van der Waals surface area (Å²) in [5, 5.41) is 0. The molecular weight excluding hydrogens is 369 g/mol. The van der Waals surface area contributed by atoms with E-state index in [4.69, 9.17) is 0 Å². The Morgan fingerprint density at radius 2 is 2.20 bits per heavy atom. The Morgan fingerprint density at radius 3 is 2.73 bits per heavy atom. The number of likely N-dealkylation sites (tertiary alicyclic amines) is 1. The van der Waals surface area contributed by atoms with Crippen LogP contribution in [0.3, 0.4) is 0 Å². The fraction of sp³-hybridized carbons (Fsp3) is 0.364. The predicted molar refractivity (Wildman–Crippen MR) is 71.9 cm³/mol. The first-order valence-electron chi connectivity index (χ1n) is 4.82. The molecule has 2 nitrogen and oxygen atoms in total. The minimum Gasteiger partial charge on any atom is -0.338 e. The molecule has 15 heavy (non-hydrogen) atoms. The van der Waals surface area contributed by atoms with Gasteiger partial charge in [0.25, 0.3) is 5.91 Å². The van der Waals surface area contributed by atoms with Crippen LogP contribution in [0.2, 0.25) is 0 Å². The van der Waals surface area contributed by atoms with Gasteiger partial charge in [0.1, 0.15) is 0 Å². The lowest BCUT2D eigenvalue weighted by molar-refractivity contribution is 0.0530.